The van der Waals surface area contributed by atoms with E-state index in [4.69, 9.17) is 5.73 Å². The molecule has 7 heteroatoms. The van der Waals surface area contributed by atoms with E-state index in [0.717, 1.165) is 18.5 Å². The van der Waals surface area contributed by atoms with Gasteiger partial charge in [0.1, 0.15) is 6.33 Å². The van der Waals surface area contributed by atoms with Crippen LogP contribution in [0.2, 0.25) is 0 Å². The number of nitrogens with one attached hydrogen (secondary N) is 1. The summed E-state index contributed by atoms with van der Waals surface area (Å²) < 4.78 is 1.51. The number of unbranched alkanes of at least 4 members (excludes halogenated alkanes) is 1. The fourth-order valence-corrected chi connectivity index (χ4v) is 1.64. The van der Waals surface area contributed by atoms with Crippen molar-refractivity contribution in [2.45, 2.75) is 12.8 Å². The lowest BCUT2D eigenvalue weighted by atomic mass is 10.2. The van der Waals surface area contributed by atoms with E-state index in [1.807, 2.05) is 6.07 Å². The highest BCUT2D eigenvalue weighted by Gasteiger charge is 2.06. The topological polar surface area (TPSA) is 98.7 Å². The number of hydrogen-bond donors (Lipinski definition) is 2. The molecular weight excluding hydrogens is 244 g/mol. The molecule has 19 heavy (non-hydrogen) atoms. The number of carbonyl (C=O) groups is 1. The minimum Gasteiger partial charge on any atom is -0.352 e. The molecule has 0 bridgehead atoms. The lowest BCUT2D eigenvalue weighted by Gasteiger charge is -2.06. The molecule has 100 valence electrons. The van der Waals surface area contributed by atoms with Gasteiger partial charge in [0.25, 0.3) is 5.91 Å². The van der Waals surface area contributed by atoms with Gasteiger partial charge in [-0.3, -0.25) is 4.79 Å². The molecule has 0 saturated heterocycles. The number of aromatic nitrogens is 4. The SMILES string of the molecule is NCCCCNC(=O)c1cccc(-n2cnnn2)c1. The van der Waals surface area contributed by atoms with Crippen molar-refractivity contribution in [3.63, 3.8) is 0 Å². The standard InChI is InChI=1S/C12H16N6O/c13-6-1-2-7-14-12(19)10-4-3-5-11(8-10)18-9-15-16-17-18/h3-5,8-9H,1-2,6-7,13H2,(H,14,19). The van der Waals surface area contributed by atoms with E-state index in [9.17, 15) is 4.79 Å². The fraction of sp³-hybridized carbons (Fsp3) is 0.333. The zero-order chi connectivity index (χ0) is 13.5. The second-order valence-electron chi connectivity index (χ2n) is 4.06. The molecule has 3 N–H and O–H groups in total. The summed E-state index contributed by atoms with van der Waals surface area (Å²) in [7, 11) is 0. The molecule has 0 spiro atoms. The van der Waals surface area contributed by atoms with Crippen LogP contribution in [0, 0.1) is 0 Å². The van der Waals surface area contributed by atoms with Crippen molar-refractivity contribution < 1.29 is 4.79 Å². The van der Waals surface area contributed by atoms with Gasteiger partial charge in [0.15, 0.2) is 0 Å². The molecule has 2 rings (SSSR count). The Morgan fingerprint density at radius 3 is 3.00 bits per heavy atom. The molecular formula is C12H16N6O. The first kappa shape index (κ1) is 13.2. The quantitative estimate of drug-likeness (QED) is 0.719. The van der Waals surface area contributed by atoms with Crippen LogP contribution in [0.3, 0.4) is 0 Å². The number of tetrazole rings is 1. The van der Waals surface area contributed by atoms with Gasteiger partial charge in [-0.2, -0.15) is 0 Å². The maximum Gasteiger partial charge on any atom is 0.251 e. The summed E-state index contributed by atoms with van der Waals surface area (Å²) in [6.45, 7) is 1.27. The van der Waals surface area contributed by atoms with Gasteiger partial charge in [-0.05, 0) is 48.0 Å². The van der Waals surface area contributed by atoms with E-state index in [2.05, 4.69) is 20.8 Å². The first-order chi connectivity index (χ1) is 9.31. The summed E-state index contributed by atoms with van der Waals surface area (Å²) in [6.07, 6.45) is 3.28. The summed E-state index contributed by atoms with van der Waals surface area (Å²) in [5, 5.41) is 13.8. The van der Waals surface area contributed by atoms with Crippen LogP contribution in [-0.4, -0.2) is 39.2 Å². The largest absolute Gasteiger partial charge is 0.352 e. The third-order valence-corrected chi connectivity index (χ3v) is 2.64. The van der Waals surface area contributed by atoms with Crippen LogP contribution < -0.4 is 11.1 Å². The van der Waals surface area contributed by atoms with Crippen LogP contribution in [0.15, 0.2) is 30.6 Å². The Labute approximate surface area is 110 Å². The second kappa shape index (κ2) is 6.60. The fourth-order valence-electron chi connectivity index (χ4n) is 1.64. The highest BCUT2D eigenvalue weighted by atomic mass is 16.1. The van der Waals surface area contributed by atoms with Crippen molar-refractivity contribution >= 4 is 5.91 Å². The Hall–Kier alpha value is -2.28. The van der Waals surface area contributed by atoms with Crippen molar-refractivity contribution in [3.8, 4) is 5.69 Å². The lowest BCUT2D eigenvalue weighted by Crippen LogP contribution is -2.25. The number of nitrogens with two attached hydrogens (primary N) is 1. The van der Waals surface area contributed by atoms with Crippen molar-refractivity contribution in [1.82, 2.24) is 25.5 Å². The number of carbonyl (C=O) groups excluding carboxylic acids is 1. The van der Waals surface area contributed by atoms with Gasteiger partial charge < -0.3 is 11.1 Å². The van der Waals surface area contributed by atoms with Crippen molar-refractivity contribution in [1.29, 1.82) is 0 Å². The van der Waals surface area contributed by atoms with E-state index in [1.165, 1.54) is 11.0 Å². The van der Waals surface area contributed by atoms with Gasteiger partial charge in [0.2, 0.25) is 0 Å². The Morgan fingerprint density at radius 2 is 2.26 bits per heavy atom. The van der Waals surface area contributed by atoms with Crippen LogP contribution in [0.25, 0.3) is 5.69 Å². The van der Waals surface area contributed by atoms with Gasteiger partial charge in [-0.15, -0.1) is 5.10 Å². The van der Waals surface area contributed by atoms with Gasteiger partial charge in [-0.25, -0.2) is 4.68 Å². The zero-order valence-electron chi connectivity index (χ0n) is 10.5. The predicted molar refractivity (Wildman–Crippen MR) is 69.8 cm³/mol. The Morgan fingerprint density at radius 1 is 1.37 bits per heavy atom. The first-order valence-electron chi connectivity index (χ1n) is 6.13. The summed E-state index contributed by atoms with van der Waals surface area (Å²) in [4.78, 5) is 11.9. The van der Waals surface area contributed by atoms with Crippen LogP contribution in [-0.2, 0) is 0 Å². The Kier molecular flexibility index (Phi) is 4.57. The van der Waals surface area contributed by atoms with Crippen LogP contribution in [0.1, 0.15) is 23.2 Å². The summed E-state index contributed by atoms with van der Waals surface area (Å²) in [5.74, 6) is -0.105. The van der Waals surface area contributed by atoms with Crippen LogP contribution in [0.5, 0.6) is 0 Å². The minimum atomic E-state index is -0.105. The van der Waals surface area contributed by atoms with Gasteiger partial charge >= 0.3 is 0 Å². The van der Waals surface area contributed by atoms with Crippen molar-refractivity contribution in [2.24, 2.45) is 5.73 Å². The third-order valence-electron chi connectivity index (χ3n) is 2.64. The highest BCUT2D eigenvalue weighted by Crippen LogP contribution is 2.08. The maximum atomic E-state index is 11.9. The highest BCUT2D eigenvalue weighted by molar-refractivity contribution is 5.94. The van der Waals surface area contributed by atoms with Crippen molar-refractivity contribution in [2.75, 3.05) is 13.1 Å². The Bertz CT molecular complexity index is 525. The van der Waals surface area contributed by atoms with Gasteiger partial charge in [0, 0.05) is 12.1 Å². The molecule has 1 amide bonds. The zero-order valence-corrected chi connectivity index (χ0v) is 10.5. The Balaban J connectivity index is 2.00. The minimum absolute atomic E-state index is 0.105. The molecule has 7 nitrogen and oxygen atoms in total. The molecule has 1 aromatic heterocycles. The molecule has 0 fully saturated rings. The average Bonchev–Trinajstić information content (AvgIpc) is 2.98. The number of rotatable bonds is 6. The molecule has 2 aromatic rings. The third kappa shape index (κ3) is 3.59. The van der Waals surface area contributed by atoms with Gasteiger partial charge in [-0.1, -0.05) is 6.07 Å². The number of amides is 1. The van der Waals surface area contributed by atoms with E-state index < -0.39 is 0 Å². The molecule has 1 aromatic carbocycles. The number of benzene rings is 1. The molecule has 0 radical (unpaired) electrons. The number of hydrogen-bond acceptors (Lipinski definition) is 5. The first-order valence-corrected chi connectivity index (χ1v) is 6.13. The van der Waals surface area contributed by atoms with Crippen LogP contribution in [0.4, 0.5) is 0 Å². The molecule has 0 aliphatic rings. The summed E-state index contributed by atoms with van der Waals surface area (Å²) in [5.41, 5.74) is 6.73. The normalized spacial score (nSPS) is 10.4. The van der Waals surface area contributed by atoms with E-state index in [-0.39, 0.29) is 5.91 Å². The smallest absolute Gasteiger partial charge is 0.251 e. The predicted octanol–water partition coefficient (Wildman–Crippen LogP) is 0.131. The maximum absolute atomic E-state index is 11.9. The lowest BCUT2D eigenvalue weighted by molar-refractivity contribution is 0.0953. The molecule has 0 unspecified atom stereocenters. The molecule has 0 aliphatic heterocycles. The van der Waals surface area contributed by atoms with E-state index in [0.29, 0.717) is 18.7 Å². The van der Waals surface area contributed by atoms with Crippen LogP contribution >= 0.6 is 0 Å². The number of nitrogens with zero attached hydrogens (tertiary/aromatic N) is 4. The van der Waals surface area contributed by atoms with Crippen molar-refractivity contribution in [3.05, 3.63) is 36.2 Å². The van der Waals surface area contributed by atoms with E-state index in [1.54, 1.807) is 18.2 Å². The molecule has 1 heterocycles. The average molecular weight is 260 g/mol. The summed E-state index contributed by atoms with van der Waals surface area (Å²) in [6, 6.07) is 7.13. The summed E-state index contributed by atoms with van der Waals surface area (Å²) >= 11 is 0. The monoisotopic (exact) mass is 260 g/mol. The molecule has 0 atom stereocenters. The molecule has 0 aliphatic carbocycles. The molecule has 0 saturated carbocycles. The van der Waals surface area contributed by atoms with E-state index >= 15 is 0 Å². The van der Waals surface area contributed by atoms with Gasteiger partial charge in [0.05, 0.1) is 5.69 Å². The second-order valence-corrected chi connectivity index (χ2v) is 4.06.